The van der Waals surface area contributed by atoms with Gasteiger partial charge in [-0.25, -0.2) is 0 Å². The lowest BCUT2D eigenvalue weighted by molar-refractivity contribution is 0.563. The molecule has 0 amide bonds. The number of rotatable bonds is 6. The molecule has 1 N–H and O–H groups in total. The molecule has 0 unspecified atom stereocenters. The number of allylic oxidation sites excluding steroid dienone is 4. The van der Waals surface area contributed by atoms with E-state index in [0.29, 0.717) is 0 Å². The molecule has 0 aliphatic rings. The van der Waals surface area contributed by atoms with Crippen LogP contribution in [0.5, 0.6) is 0 Å². The van der Waals surface area contributed by atoms with E-state index in [4.69, 9.17) is 0 Å². The van der Waals surface area contributed by atoms with Crippen LogP contribution >= 0.6 is 0 Å². The van der Waals surface area contributed by atoms with E-state index in [-0.39, 0.29) is 0 Å². The van der Waals surface area contributed by atoms with Crippen LogP contribution in [0.15, 0.2) is 41.6 Å². The molecule has 0 aliphatic heterocycles. The van der Waals surface area contributed by atoms with E-state index in [0.717, 1.165) is 18.0 Å². The summed E-state index contributed by atoms with van der Waals surface area (Å²) in [4.78, 5) is 10.6. The molecule has 0 aromatic heterocycles. The monoisotopic (exact) mass is 288 g/mol. The van der Waals surface area contributed by atoms with E-state index in [9.17, 15) is 4.80 Å². The van der Waals surface area contributed by atoms with Crippen LogP contribution in [0, 0.1) is 6.92 Å². The van der Waals surface area contributed by atoms with Gasteiger partial charge in [-0.2, -0.15) is 0 Å². The summed E-state index contributed by atoms with van der Waals surface area (Å²) in [5.74, 6) is 0. The Morgan fingerprint density at radius 3 is 2.25 bits per heavy atom. The smallest absolute Gasteiger partial charge is 0.214 e. The highest BCUT2D eigenvalue weighted by Gasteiger charge is 2.25. The Morgan fingerprint density at radius 2 is 1.80 bits per heavy atom. The van der Waals surface area contributed by atoms with Crippen molar-refractivity contribution in [2.75, 3.05) is 0 Å². The molecule has 0 spiro atoms. The maximum Gasteiger partial charge on any atom is 0.214 e. The van der Waals surface area contributed by atoms with Crippen molar-refractivity contribution in [1.29, 1.82) is 0 Å². The fraction of sp³-hybridized carbons (Fsp3) is 0.444. The number of benzene rings is 1. The summed E-state index contributed by atoms with van der Waals surface area (Å²) >= 11 is 0. The van der Waals surface area contributed by atoms with E-state index in [1.807, 2.05) is 26.1 Å². The summed E-state index contributed by atoms with van der Waals surface area (Å²) in [5.41, 5.74) is 3.85. The molecule has 20 heavy (non-hydrogen) atoms. The molecule has 0 heterocycles. The standard InChI is InChI=1S/C18H28OSi/c1-6-8-10-17(16-13-11-15(3)12-14-16)18(9-7-2)20(4,5)19/h7,9,11-14,19H,6,8,10H2,1-5H3/b9-7-,18-17-. The Morgan fingerprint density at radius 1 is 1.20 bits per heavy atom. The van der Waals surface area contributed by atoms with Gasteiger partial charge in [0.05, 0.1) is 0 Å². The first-order valence-electron chi connectivity index (χ1n) is 7.55. The summed E-state index contributed by atoms with van der Waals surface area (Å²) in [6.07, 6.45) is 7.52. The average molecular weight is 289 g/mol. The Bertz CT molecular complexity index is 475. The van der Waals surface area contributed by atoms with Crippen molar-refractivity contribution in [3.63, 3.8) is 0 Å². The fourth-order valence-electron chi connectivity index (χ4n) is 2.38. The maximum absolute atomic E-state index is 10.6. The molecule has 1 aromatic rings. The van der Waals surface area contributed by atoms with Crippen molar-refractivity contribution in [2.24, 2.45) is 0 Å². The van der Waals surface area contributed by atoms with E-state index in [1.165, 1.54) is 23.1 Å². The topological polar surface area (TPSA) is 20.2 Å². The first-order valence-corrected chi connectivity index (χ1v) is 10.5. The summed E-state index contributed by atoms with van der Waals surface area (Å²) in [5, 5.41) is 1.16. The molecule has 0 radical (unpaired) electrons. The largest absolute Gasteiger partial charge is 0.428 e. The lowest BCUT2D eigenvalue weighted by Gasteiger charge is -2.22. The average Bonchev–Trinajstić information content (AvgIpc) is 2.38. The Hall–Kier alpha value is -1.12. The van der Waals surface area contributed by atoms with Crippen molar-refractivity contribution in [1.82, 2.24) is 0 Å². The molecule has 0 bridgehead atoms. The molecule has 0 saturated carbocycles. The predicted octanol–water partition coefficient (Wildman–Crippen LogP) is 5.25. The zero-order chi connectivity index (χ0) is 15.2. The summed E-state index contributed by atoms with van der Waals surface area (Å²) < 4.78 is 0. The highest BCUT2D eigenvalue weighted by atomic mass is 28.4. The zero-order valence-electron chi connectivity index (χ0n) is 13.5. The van der Waals surface area contributed by atoms with Crippen molar-refractivity contribution >= 4 is 13.9 Å². The third-order valence-corrected chi connectivity index (χ3v) is 5.28. The van der Waals surface area contributed by atoms with Crippen LogP contribution < -0.4 is 0 Å². The molecule has 0 aliphatic carbocycles. The zero-order valence-corrected chi connectivity index (χ0v) is 14.5. The number of hydrogen-bond donors (Lipinski definition) is 1. The molecule has 1 nitrogen and oxygen atoms in total. The molecule has 110 valence electrons. The minimum absolute atomic E-state index is 1.04. The first-order chi connectivity index (χ1) is 9.40. The molecule has 0 saturated heterocycles. The highest BCUT2D eigenvalue weighted by molar-refractivity contribution is 6.79. The molecule has 1 aromatic carbocycles. The number of aryl methyl sites for hydroxylation is 1. The van der Waals surface area contributed by atoms with E-state index < -0.39 is 8.32 Å². The van der Waals surface area contributed by atoms with Gasteiger partial charge in [0, 0.05) is 0 Å². The minimum Gasteiger partial charge on any atom is -0.428 e. The van der Waals surface area contributed by atoms with Gasteiger partial charge in [-0.1, -0.05) is 55.3 Å². The molecular formula is C18H28OSi. The van der Waals surface area contributed by atoms with Crippen molar-refractivity contribution in [3.05, 3.63) is 52.7 Å². The van der Waals surface area contributed by atoms with E-state index >= 15 is 0 Å². The van der Waals surface area contributed by atoms with Gasteiger partial charge in [0.1, 0.15) is 0 Å². The van der Waals surface area contributed by atoms with Gasteiger partial charge in [-0.15, -0.1) is 0 Å². The van der Waals surface area contributed by atoms with Gasteiger partial charge < -0.3 is 4.80 Å². The summed E-state index contributed by atoms with van der Waals surface area (Å²) in [6, 6.07) is 8.68. The van der Waals surface area contributed by atoms with Gasteiger partial charge in [0.25, 0.3) is 0 Å². The Kier molecular flexibility index (Phi) is 6.44. The van der Waals surface area contributed by atoms with Crippen molar-refractivity contribution < 1.29 is 4.80 Å². The Balaban J connectivity index is 3.37. The van der Waals surface area contributed by atoms with Crippen LogP contribution in [0.2, 0.25) is 13.1 Å². The summed E-state index contributed by atoms with van der Waals surface area (Å²) in [6.45, 7) is 10.3. The Labute approximate surface area is 125 Å². The third-order valence-electron chi connectivity index (χ3n) is 3.50. The second kappa shape index (κ2) is 7.60. The minimum atomic E-state index is -2.32. The van der Waals surface area contributed by atoms with Crippen LogP contribution in [-0.4, -0.2) is 13.1 Å². The van der Waals surface area contributed by atoms with Gasteiger partial charge in [0.15, 0.2) is 0 Å². The SMILES string of the molecule is C/C=C\C(=C(/CCCC)c1ccc(C)cc1)[Si](C)(C)O. The maximum atomic E-state index is 10.6. The van der Waals surface area contributed by atoms with Crippen molar-refractivity contribution in [2.45, 2.75) is 53.1 Å². The molecule has 0 fully saturated rings. The van der Waals surface area contributed by atoms with Crippen LogP contribution in [0.3, 0.4) is 0 Å². The van der Waals surface area contributed by atoms with Crippen LogP contribution in [0.25, 0.3) is 5.57 Å². The van der Waals surface area contributed by atoms with E-state index in [2.05, 4.69) is 44.2 Å². The first kappa shape index (κ1) is 16.9. The van der Waals surface area contributed by atoms with Crippen LogP contribution in [0.4, 0.5) is 0 Å². The predicted molar refractivity (Wildman–Crippen MR) is 92.1 cm³/mol. The van der Waals surface area contributed by atoms with Crippen LogP contribution in [-0.2, 0) is 0 Å². The van der Waals surface area contributed by atoms with Gasteiger partial charge in [-0.05, 0) is 56.1 Å². The fourth-order valence-corrected chi connectivity index (χ4v) is 3.97. The van der Waals surface area contributed by atoms with Gasteiger partial charge in [-0.3, -0.25) is 0 Å². The molecule has 0 atom stereocenters. The quantitative estimate of drug-likeness (QED) is 0.560. The molecule has 1 rings (SSSR count). The normalized spacial score (nSPS) is 13.7. The van der Waals surface area contributed by atoms with Crippen molar-refractivity contribution in [3.8, 4) is 0 Å². The lowest BCUT2D eigenvalue weighted by atomic mass is 9.98. The third kappa shape index (κ3) is 4.77. The number of hydrogen-bond acceptors (Lipinski definition) is 1. The van der Waals surface area contributed by atoms with Gasteiger partial charge >= 0.3 is 0 Å². The lowest BCUT2D eigenvalue weighted by Crippen LogP contribution is -2.29. The summed E-state index contributed by atoms with van der Waals surface area (Å²) in [7, 11) is -2.32. The molecular weight excluding hydrogens is 260 g/mol. The molecule has 2 heteroatoms. The second-order valence-electron chi connectivity index (χ2n) is 5.92. The second-order valence-corrected chi connectivity index (χ2v) is 9.58. The number of unbranched alkanes of at least 4 members (excludes halogenated alkanes) is 1. The van der Waals surface area contributed by atoms with Gasteiger partial charge in [0.2, 0.25) is 8.32 Å². The van der Waals surface area contributed by atoms with E-state index in [1.54, 1.807) is 0 Å². The van der Waals surface area contributed by atoms with Crippen LogP contribution in [0.1, 0.15) is 44.2 Å². The highest BCUT2D eigenvalue weighted by Crippen LogP contribution is 2.30.